The summed E-state index contributed by atoms with van der Waals surface area (Å²) < 4.78 is 0. The van der Waals surface area contributed by atoms with Crippen LogP contribution in [-0.4, -0.2) is 5.71 Å². The normalized spacial score (nSPS) is 30.8. The van der Waals surface area contributed by atoms with Gasteiger partial charge in [0.2, 0.25) is 0 Å². The van der Waals surface area contributed by atoms with E-state index in [9.17, 15) is 0 Å². The monoisotopic (exact) mass is 148 g/mol. The lowest BCUT2D eigenvalue weighted by molar-refractivity contribution is 1.17. The van der Waals surface area contributed by atoms with Gasteiger partial charge >= 0.3 is 0 Å². The summed E-state index contributed by atoms with van der Waals surface area (Å²) in [6.07, 6.45) is 12.4. The number of nitrogens with one attached hydrogen (secondary N) is 1. The number of allylic oxidation sites excluding steroid dienone is 3. The van der Waals surface area contributed by atoms with Crippen molar-refractivity contribution in [1.29, 1.82) is 0 Å². The maximum atomic E-state index is 4.17. The van der Waals surface area contributed by atoms with Crippen molar-refractivity contribution in [2.24, 2.45) is 4.99 Å². The molecule has 0 saturated carbocycles. The summed E-state index contributed by atoms with van der Waals surface area (Å²) in [7, 11) is 0. The summed E-state index contributed by atoms with van der Waals surface area (Å²) >= 11 is 0. The molecule has 0 aliphatic carbocycles. The summed E-state index contributed by atoms with van der Waals surface area (Å²) in [5.74, 6) is 0. The molecule has 2 nitrogen and oxygen atoms in total. The topological polar surface area (TPSA) is 24.4 Å². The minimum Gasteiger partial charge on any atom is -0.366 e. The average Bonchev–Trinajstić information content (AvgIpc) is 2.03. The average molecular weight is 148 g/mol. The molecule has 1 rings (SSSR count). The van der Waals surface area contributed by atoms with E-state index in [2.05, 4.69) is 16.4 Å². The van der Waals surface area contributed by atoms with Gasteiger partial charge in [0.1, 0.15) is 0 Å². The Balaban J connectivity index is 2.62. The van der Waals surface area contributed by atoms with E-state index < -0.39 is 0 Å². The van der Waals surface area contributed by atoms with E-state index in [1.807, 2.05) is 25.3 Å². The van der Waals surface area contributed by atoms with Crippen molar-refractivity contribution in [1.82, 2.24) is 5.32 Å². The third-order valence-electron chi connectivity index (χ3n) is 1.32. The third-order valence-corrected chi connectivity index (χ3v) is 1.32. The van der Waals surface area contributed by atoms with Crippen molar-refractivity contribution < 1.29 is 0 Å². The highest BCUT2D eigenvalue weighted by atomic mass is 14.8. The Hall–Kier alpha value is -1.31. The largest absolute Gasteiger partial charge is 0.366 e. The summed E-state index contributed by atoms with van der Waals surface area (Å²) in [6.45, 7) is 2.01. The van der Waals surface area contributed by atoms with Crippen LogP contribution in [0.5, 0.6) is 0 Å². The molecule has 0 amide bonds. The second kappa shape index (κ2) is 4.50. The van der Waals surface area contributed by atoms with Crippen LogP contribution in [-0.2, 0) is 0 Å². The van der Waals surface area contributed by atoms with Crippen LogP contribution in [0, 0.1) is 0 Å². The lowest BCUT2D eigenvalue weighted by Gasteiger charge is -1.93. The highest BCUT2D eigenvalue weighted by molar-refractivity contribution is 5.83. The molecule has 0 fully saturated rings. The minimum absolute atomic E-state index is 0.925. The number of nitrogens with zero attached hydrogens (tertiary/aromatic N) is 1. The molecule has 11 heavy (non-hydrogen) atoms. The lowest BCUT2D eigenvalue weighted by Crippen LogP contribution is -1.92. The number of rotatable bonds is 0. The van der Waals surface area contributed by atoms with Crippen LogP contribution in [0.3, 0.4) is 0 Å². The summed E-state index contributed by atoms with van der Waals surface area (Å²) in [4.78, 5) is 4.17. The van der Waals surface area contributed by atoms with Gasteiger partial charge < -0.3 is 5.32 Å². The van der Waals surface area contributed by atoms with Gasteiger partial charge in [-0.15, -0.1) is 0 Å². The first kappa shape index (κ1) is 7.79. The molecule has 0 aromatic rings. The Morgan fingerprint density at radius 1 is 1.36 bits per heavy atom. The standard InChI is InChI=1S/C9H12N2/c1-9-5-3-2-4-6-10-7-8-11-9/h2-4,6-8,10H,5H2,1H3/b3-2+,6-4-,8-7-,11-9+. The molecular weight excluding hydrogens is 136 g/mol. The number of aliphatic imine (C=N–C) groups is 1. The van der Waals surface area contributed by atoms with Gasteiger partial charge in [-0.3, -0.25) is 4.99 Å². The van der Waals surface area contributed by atoms with Gasteiger partial charge in [-0.1, -0.05) is 12.2 Å². The molecule has 1 N–H and O–H groups in total. The van der Waals surface area contributed by atoms with Crippen molar-refractivity contribution >= 4 is 5.71 Å². The molecule has 0 atom stereocenters. The van der Waals surface area contributed by atoms with E-state index in [1.165, 1.54) is 0 Å². The molecule has 0 aromatic carbocycles. The quantitative estimate of drug-likeness (QED) is 0.558. The van der Waals surface area contributed by atoms with Gasteiger partial charge in [-0.05, 0) is 13.0 Å². The Morgan fingerprint density at radius 2 is 2.27 bits per heavy atom. The minimum atomic E-state index is 0.925. The molecule has 1 aliphatic heterocycles. The van der Waals surface area contributed by atoms with Crippen molar-refractivity contribution in [3.05, 3.63) is 36.8 Å². The highest BCUT2D eigenvalue weighted by Crippen LogP contribution is 1.91. The first-order chi connectivity index (χ1) is 5.39. The molecule has 0 bridgehead atoms. The first-order valence-electron chi connectivity index (χ1n) is 3.65. The smallest absolute Gasteiger partial charge is 0.0427 e. The van der Waals surface area contributed by atoms with Crippen LogP contribution in [0.15, 0.2) is 41.8 Å². The molecule has 2 heteroatoms. The van der Waals surface area contributed by atoms with Gasteiger partial charge in [0.15, 0.2) is 0 Å². The van der Waals surface area contributed by atoms with Crippen molar-refractivity contribution in [2.75, 3.05) is 0 Å². The molecule has 0 unspecified atom stereocenters. The van der Waals surface area contributed by atoms with Crippen molar-refractivity contribution in [3.63, 3.8) is 0 Å². The summed E-state index contributed by atoms with van der Waals surface area (Å²) in [5.41, 5.74) is 1.12. The van der Waals surface area contributed by atoms with Crippen LogP contribution >= 0.6 is 0 Å². The number of hydrogen-bond acceptors (Lipinski definition) is 2. The van der Waals surface area contributed by atoms with E-state index in [-0.39, 0.29) is 0 Å². The Kier molecular flexibility index (Phi) is 3.19. The third kappa shape index (κ3) is 3.40. The Labute approximate surface area is 67.0 Å². The van der Waals surface area contributed by atoms with Crippen molar-refractivity contribution in [2.45, 2.75) is 13.3 Å². The first-order valence-corrected chi connectivity index (χ1v) is 3.65. The maximum absolute atomic E-state index is 4.17. The van der Waals surface area contributed by atoms with Crippen LogP contribution in [0.2, 0.25) is 0 Å². The lowest BCUT2D eigenvalue weighted by atomic mass is 10.3. The zero-order chi connectivity index (χ0) is 7.94. The Bertz CT molecular complexity index is 222. The van der Waals surface area contributed by atoms with Gasteiger partial charge in [-0.25, -0.2) is 0 Å². The predicted octanol–water partition coefficient (Wildman–Crippen LogP) is 1.98. The highest BCUT2D eigenvalue weighted by Gasteiger charge is 1.83. The molecular formula is C9H12N2. The van der Waals surface area contributed by atoms with Crippen LogP contribution in [0.1, 0.15) is 13.3 Å². The molecule has 0 radical (unpaired) electrons. The summed E-state index contributed by atoms with van der Waals surface area (Å²) in [5, 5.41) is 2.96. The van der Waals surface area contributed by atoms with Crippen LogP contribution in [0.4, 0.5) is 0 Å². The molecule has 0 spiro atoms. The Morgan fingerprint density at radius 3 is 3.18 bits per heavy atom. The molecule has 0 saturated heterocycles. The van der Waals surface area contributed by atoms with E-state index in [4.69, 9.17) is 0 Å². The molecule has 58 valence electrons. The zero-order valence-electron chi connectivity index (χ0n) is 6.62. The molecule has 0 aromatic heterocycles. The van der Waals surface area contributed by atoms with Gasteiger partial charge in [0.25, 0.3) is 0 Å². The van der Waals surface area contributed by atoms with Gasteiger partial charge in [0.05, 0.1) is 0 Å². The fourth-order valence-corrected chi connectivity index (χ4v) is 0.744. The van der Waals surface area contributed by atoms with E-state index in [0.717, 1.165) is 12.1 Å². The molecule has 1 heterocycles. The van der Waals surface area contributed by atoms with Crippen molar-refractivity contribution in [3.8, 4) is 0 Å². The maximum Gasteiger partial charge on any atom is 0.0427 e. The van der Waals surface area contributed by atoms with Crippen LogP contribution < -0.4 is 5.32 Å². The van der Waals surface area contributed by atoms with E-state index >= 15 is 0 Å². The van der Waals surface area contributed by atoms with Gasteiger partial charge in [0, 0.05) is 30.7 Å². The fourth-order valence-electron chi connectivity index (χ4n) is 0.744. The van der Waals surface area contributed by atoms with E-state index in [0.29, 0.717) is 0 Å². The van der Waals surface area contributed by atoms with Gasteiger partial charge in [-0.2, -0.15) is 0 Å². The zero-order valence-corrected chi connectivity index (χ0v) is 6.62. The van der Waals surface area contributed by atoms with E-state index in [1.54, 1.807) is 12.4 Å². The SMILES string of the molecule is C/C1=N\C=C/N/C=C\C=C\C1. The second-order valence-electron chi connectivity index (χ2n) is 2.34. The number of hydrogen-bond donors (Lipinski definition) is 1. The molecule has 1 aliphatic rings. The second-order valence-corrected chi connectivity index (χ2v) is 2.34. The summed E-state index contributed by atoms with van der Waals surface area (Å²) in [6, 6.07) is 0. The predicted molar refractivity (Wildman–Crippen MR) is 48.3 cm³/mol. The fraction of sp³-hybridized carbons (Fsp3) is 0.222. The van der Waals surface area contributed by atoms with Crippen LogP contribution in [0.25, 0.3) is 0 Å².